The van der Waals surface area contributed by atoms with Crippen molar-refractivity contribution in [1.29, 1.82) is 0 Å². The second kappa shape index (κ2) is 3.52. The van der Waals surface area contributed by atoms with Crippen molar-refractivity contribution in [3.05, 3.63) is 59.7 Å². The number of hydrogen-bond acceptors (Lipinski definition) is 2. The van der Waals surface area contributed by atoms with E-state index in [0.29, 0.717) is 5.92 Å². The molecule has 18 heavy (non-hydrogen) atoms. The molecule has 2 aliphatic heterocycles. The van der Waals surface area contributed by atoms with Crippen LogP contribution in [0.4, 0.5) is 0 Å². The van der Waals surface area contributed by atoms with Crippen molar-refractivity contribution in [1.82, 2.24) is 0 Å². The maximum absolute atomic E-state index is 6.16. The summed E-state index contributed by atoms with van der Waals surface area (Å²) in [5, 5.41) is 0. The van der Waals surface area contributed by atoms with E-state index >= 15 is 0 Å². The molecule has 0 saturated carbocycles. The molecule has 2 aromatic rings. The third-order valence-corrected chi connectivity index (χ3v) is 3.91. The summed E-state index contributed by atoms with van der Waals surface area (Å²) in [4.78, 5) is 0. The Morgan fingerprint density at radius 3 is 1.67 bits per heavy atom. The molecule has 0 aromatic heterocycles. The van der Waals surface area contributed by atoms with Crippen LogP contribution in [0.25, 0.3) is 0 Å². The Morgan fingerprint density at radius 1 is 0.722 bits per heavy atom. The van der Waals surface area contributed by atoms with Crippen LogP contribution in [-0.4, -0.2) is 0 Å². The van der Waals surface area contributed by atoms with Gasteiger partial charge < -0.3 is 9.47 Å². The van der Waals surface area contributed by atoms with E-state index in [9.17, 15) is 0 Å². The van der Waals surface area contributed by atoms with Crippen molar-refractivity contribution in [2.75, 3.05) is 0 Å². The number of rotatable bonds is 0. The third kappa shape index (κ3) is 1.23. The first-order valence-electron chi connectivity index (χ1n) is 6.36. The highest BCUT2D eigenvalue weighted by molar-refractivity contribution is 5.46. The quantitative estimate of drug-likeness (QED) is 0.693. The van der Waals surface area contributed by atoms with Crippen LogP contribution in [0.2, 0.25) is 0 Å². The Labute approximate surface area is 106 Å². The van der Waals surface area contributed by atoms with Gasteiger partial charge in [0.15, 0.2) is 0 Å². The van der Waals surface area contributed by atoms with Crippen LogP contribution in [-0.2, 0) is 0 Å². The molecule has 3 atom stereocenters. The molecule has 2 aliphatic rings. The van der Waals surface area contributed by atoms with E-state index in [-0.39, 0.29) is 12.2 Å². The highest BCUT2D eigenvalue weighted by atomic mass is 16.5. The Bertz CT molecular complexity index is 552. The molecule has 2 aromatic carbocycles. The lowest BCUT2D eigenvalue weighted by molar-refractivity contribution is -0.00277. The molecule has 2 bridgehead atoms. The second-order valence-corrected chi connectivity index (χ2v) is 5.01. The summed E-state index contributed by atoms with van der Waals surface area (Å²) < 4.78 is 12.3. The Kier molecular flexibility index (Phi) is 1.95. The van der Waals surface area contributed by atoms with Gasteiger partial charge in [-0.2, -0.15) is 0 Å². The van der Waals surface area contributed by atoms with Crippen molar-refractivity contribution < 1.29 is 9.47 Å². The standard InChI is InChI=1S/C16H14O2/c1-10-15-11-6-2-4-8-13(11)17-16(10)12-7-3-5-9-14(12)18-15/h2-10,15-16H,1H3/t10?,15-,16+. The van der Waals surface area contributed by atoms with Gasteiger partial charge in [-0.15, -0.1) is 0 Å². The molecule has 4 rings (SSSR count). The largest absolute Gasteiger partial charge is 0.485 e. The maximum atomic E-state index is 6.16. The Morgan fingerprint density at radius 2 is 1.17 bits per heavy atom. The first kappa shape index (κ1) is 10.0. The van der Waals surface area contributed by atoms with Crippen molar-refractivity contribution in [3.8, 4) is 11.5 Å². The third-order valence-electron chi connectivity index (χ3n) is 3.91. The summed E-state index contributed by atoms with van der Waals surface area (Å²) in [6, 6.07) is 16.4. The zero-order chi connectivity index (χ0) is 12.1. The van der Waals surface area contributed by atoms with E-state index in [2.05, 4.69) is 19.1 Å². The summed E-state index contributed by atoms with van der Waals surface area (Å²) in [6.45, 7) is 2.20. The fourth-order valence-electron chi connectivity index (χ4n) is 2.99. The first-order chi connectivity index (χ1) is 8.84. The number of hydrogen-bond donors (Lipinski definition) is 0. The molecule has 2 heteroatoms. The Balaban J connectivity index is 1.90. The fraction of sp³-hybridized carbons (Fsp3) is 0.250. The average Bonchev–Trinajstić information content (AvgIpc) is 2.40. The van der Waals surface area contributed by atoms with Crippen LogP contribution >= 0.6 is 0 Å². The van der Waals surface area contributed by atoms with Gasteiger partial charge in [-0.05, 0) is 12.1 Å². The van der Waals surface area contributed by atoms with E-state index in [1.54, 1.807) is 0 Å². The maximum Gasteiger partial charge on any atom is 0.134 e. The number of benzene rings is 2. The lowest BCUT2D eigenvalue weighted by Gasteiger charge is -2.42. The van der Waals surface area contributed by atoms with Crippen LogP contribution in [0.15, 0.2) is 48.5 Å². The smallest absolute Gasteiger partial charge is 0.134 e. The van der Waals surface area contributed by atoms with Crippen molar-refractivity contribution >= 4 is 0 Å². The van der Waals surface area contributed by atoms with E-state index in [1.165, 1.54) is 0 Å². The predicted molar refractivity (Wildman–Crippen MR) is 68.8 cm³/mol. The van der Waals surface area contributed by atoms with E-state index in [1.807, 2.05) is 36.4 Å². The van der Waals surface area contributed by atoms with E-state index in [0.717, 1.165) is 22.6 Å². The summed E-state index contributed by atoms with van der Waals surface area (Å²) in [6.07, 6.45) is 0.213. The molecule has 2 heterocycles. The predicted octanol–water partition coefficient (Wildman–Crippen LogP) is 3.89. The van der Waals surface area contributed by atoms with Gasteiger partial charge in [0, 0.05) is 17.0 Å². The zero-order valence-electron chi connectivity index (χ0n) is 10.2. The molecule has 2 nitrogen and oxygen atoms in total. The number of fused-ring (bicyclic) bond motifs is 6. The van der Waals surface area contributed by atoms with Crippen LogP contribution in [0.3, 0.4) is 0 Å². The van der Waals surface area contributed by atoms with Crippen LogP contribution in [0.1, 0.15) is 30.3 Å². The summed E-state index contributed by atoms with van der Waals surface area (Å²) in [5.74, 6) is 2.26. The van der Waals surface area contributed by atoms with E-state index in [4.69, 9.17) is 9.47 Å². The molecular formula is C16H14O2. The van der Waals surface area contributed by atoms with Crippen LogP contribution in [0.5, 0.6) is 11.5 Å². The SMILES string of the molecule is CC1[C@@H]2Oc3ccccc3[C@@H]1Oc1ccccc12. The van der Waals surface area contributed by atoms with Crippen molar-refractivity contribution in [3.63, 3.8) is 0 Å². The summed E-state index contributed by atoms with van der Waals surface area (Å²) in [7, 11) is 0. The first-order valence-corrected chi connectivity index (χ1v) is 6.36. The molecule has 0 fully saturated rings. The topological polar surface area (TPSA) is 18.5 Å². The molecule has 0 aliphatic carbocycles. The van der Waals surface area contributed by atoms with Crippen LogP contribution < -0.4 is 9.47 Å². The highest BCUT2D eigenvalue weighted by Crippen LogP contribution is 2.52. The van der Waals surface area contributed by atoms with Crippen molar-refractivity contribution in [2.45, 2.75) is 19.1 Å². The molecule has 0 spiro atoms. The summed E-state index contributed by atoms with van der Waals surface area (Å²) >= 11 is 0. The van der Waals surface area contributed by atoms with Gasteiger partial charge in [0.05, 0.1) is 0 Å². The highest BCUT2D eigenvalue weighted by Gasteiger charge is 2.42. The monoisotopic (exact) mass is 238 g/mol. The van der Waals surface area contributed by atoms with Crippen LogP contribution in [0, 0.1) is 5.92 Å². The molecule has 1 unspecified atom stereocenters. The van der Waals surface area contributed by atoms with Crippen molar-refractivity contribution in [2.24, 2.45) is 5.92 Å². The molecule has 0 N–H and O–H groups in total. The lowest BCUT2D eigenvalue weighted by atomic mass is 9.83. The van der Waals surface area contributed by atoms with E-state index < -0.39 is 0 Å². The van der Waals surface area contributed by atoms with Gasteiger partial charge in [0.25, 0.3) is 0 Å². The minimum absolute atomic E-state index is 0.106. The Hall–Kier alpha value is -1.96. The normalized spacial score (nSPS) is 27.5. The zero-order valence-corrected chi connectivity index (χ0v) is 10.2. The van der Waals surface area contributed by atoms with Gasteiger partial charge in [-0.3, -0.25) is 0 Å². The molecule has 0 radical (unpaired) electrons. The van der Waals surface area contributed by atoms with Gasteiger partial charge in [-0.1, -0.05) is 43.3 Å². The molecule has 0 amide bonds. The average molecular weight is 238 g/mol. The minimum atomic E-state index is 0.106. The number of ether oxygens (including phenoxy) is 2. The summed E-state index contributed by atoms with van der Waals surface area (Å²) in [5.41, 5.74) is 2.33. The second-order valence-electron chi connectivity index (χ2n) is 5.01. The minimum Gasteiger partial charge on any atom is -0.485 e. The number of para-hydroxylation sites is 2. The van der Waals surface area contributed by atoms with Gasteiger partial charge >= 0.3 is 0 Å². The van der Waals surface area contributed by atoms with Gasteiger partial charge in [-0.25, -0.2) is 0 Å². The fourth-order valence-corrected chi connectivity index (χ4v) is 2.99. The van der Waals surface area contributed by atoms with Gasteiger partial charge in [0.1, 0.15) is 23.7 Å². The molecule has 0 saturated heterocycles. The van der Waals surface area contributed by atoms with Gasteiger partial charge in [0.2, 0.25) is 0 Å². The molecular weight excluding hydrogens is 224 g/mol. The lowest BCUT2D eigenvalue weighted by Crippen LogP contribution is -2.35. The molecule has 90 valence electrons.